The molecule has 0 aliphatic heterocycles. The maximum atomic E-state index is 11.3. The predicted octanol–water partition coefficient (Wildman–Crippen LogP) is 1.88. The highest BCUT2D eigenvalue weighted by Gasteiger charge is 2.05. The lowest BCUT2D eigenvalue weighted by Gasteiger charge is -2.07. The van der Waals surface area contributed by atoms with Crippen molar-refractivity contribution >= 4 is 40.8 Å². The van der Waals surface area contributed by atoms with Gasteiger partial charge in [0.1, 0.15) is 0 Å². The van der Waals surface area contributed by atoms with Crippen LogP contribution in [-0.4, -0.2) is 22.9 Å². The van der Waals surface area contributed by atoms with Gasteiger partial charge in [-0.25, -0.2) is 4.79 Å². The predicted molar refractivity (Wildman–Crippen MR) is 71.2 cm³/mol. The van der Waals surface area contributed by atoms with E-state index in [4.69, 9.17) is 16.7 Å². The number of benzene rings is 1. The Morgan fingerprint density at radius 1 is 1.21 bits per heavy atom. The lowest BCUT2D eigenvalue weighted by molar-refractivity contribution is -0.131. The van der Waals surface area contributed by atoms with E-state index in [1.807, 2.05) is 0 Å². The molecule has 2 amide bonds. The van der Waals surface area contributed by atoms with Gasteiger partial charge in [-0.05, 0) is 18.2 Å². The van der Waals surface area contributed by atoms with Gasteiger partial charge in [-0.1, -0.05) is 11.6 Å². The average molecular weight is 283 g/mol. The summed E-state index contributed by atoms with van der Waals surface area (Å²) in [4.78, 5) is 32.4. The van der Waals surface area contributed by atoms with Crippen molar-refractivity contribution < 1.29 is 19.5 Å². The van der Waals surface area contributed by atoms with Crippen LogP contribution in [0.3, 0.4) is 0 Å². The van der Waals surface area contributed by atoms with E-state index in [9.17, 15) is 14.4 Å². The number of rotatable bonds is 4. The monoisotopic (exact) mass is 282 g/mol. The molecule has 7 heteroatoms. The van der Waals surface area contributed by atoms with E-state index >= 15 is 0 Å². The van der Waals surface area contributed by atoms with E-state index in [1.54, 1.807) is 0 Å². The van der Waals surface area contributed by atoms with Crippen LogP contribution in [0.15, 0.2) is 30.4 Å². The van der Waals surface area contributed by atoms with Gasteiger partial charge >= 0.3 is 5.97 Å². The van der Waals surface area contributed by atoms with Gasteiger partial charge in [0.25, 0.3) is 0 Å². The van der Waals surface area contributed by atoms with Gasteiger partial charge in [0, 0.05) is 24.8 Å². The number of halogens is 1. The van der Waals surface area contributed by atoms with Crippen LogP contribution in [0.2, 0.25) is 5.02 Å². The van der Waals surface area contributed by atoms with E-state index in [-0.39, 0.29) is 10.9 Å². The smallest absolute Gasteiger partial charge is 0.328 e. The van der Waals surface area contributed by atoms with E-state index in [0.29, 0.717) is 11.4 Å². The normalized spacial score (nSPS) is 10.2. The van der Waals surface area contributed by atoms with Gasteiger partial charge in [-0.2, -0.15) is 0 Å². The van der Waals surface area contributed by atoms with Crippen molar-refractivity contribution in [3.05, 3.63) is 35.4 Å². The standard InChI is InChI=1S/C12H11ClN2O4/c1-7(16)14-10-3-2-8(6-9(10)13)15-11(17)4-5-12(18)19/h2-6H,1H3,(H,14,16)(H,15,17)(H,18,19)/b5-4+. The topological polar surface area (TPSA) is 95.5 Å². The van der Waals surface area contributed by atoms with Crippen LogP contribution >= 0.6 is 11.6 Å². The minimum absolute atomic E-state index is 0.259. The first-order valence-electron chi connectivity index (χ1n) is 5.17. The molecule has 1 aromatic rings. The van der Waals surface area contributed by atoms with Crippen molar-refractivity contribution in [2.75, 3.05) is 10.6 Å². The summed E-state index contributed by atoms with van der Waals surface area (Å²) in [7, 11) is 0. The number of hydrogen-bond donors (Lipinski definition) is 3. The third-order valence-electron chi connectivity index (χ3n) is 1.92. The van der Waals surface area contributed by atoms with Crippen LogP contribution in [-0.2, 0) is 14.4 Å². The summed E-state index contributed by atoms with van der Waals surface area (Å²) >= 11 is 5.91. The third kappa shape index (κ3) is 5.22. The number of anilines is 2. The first-order chi connectivity index (χ1) is 8.88. The van der Waals surface area contributed by atoms with Gasteiger partial charge in [0.05, 0.1) is 10.7 Å². The SMILES string of the molecule is CC(=O)Nc1ccc(NC(=O)/C=C/C(=O)O)cc1Cl. The number of hydrogen-bond acceptors (Lipinski definition) is 3. The quantitative estimate of drug-likeness (QED) is 0.735. The maximum absolute atomic E-state index is 11.3. The minimum atomic E-state index is -1.21. The highest BCUT2D eigenvalue weighted by molar-refractivity contribution is 6.34. The Balaban J connectivity index is 2.76. The fourth-order valence-corrected chi connectivity index (χ4v) is 1.44. The molecule has 0 aromatic heterocycles. The average Bonchev–Trinajstić information content (AvgIpc) is 2.29. The number of aliphatic carboxylic acids is 1. The third-order valence-corrected chi connectivity index (χ3v) is 2.24. The molecular weight excluding hydrogens is 272 g/mol. The van der Waals surface area contributed by atoms with Crippen LogP contribution < -0.4 is 10.6 Å². The highest BCUT2D eigenvalue weighted by Crippen LogP contribution is 2.25. The first-order valence-corrected chi connectivity index (χ1v) is 5.55. The fraction of sp³-hybridized carbons (Fsp3) is 0.0833. The molecule has 0 unspecified atom stereocenters. The maximum Gasteiger partial charge on any atom is 0.328 e. The summed E-state index contributed by atoms with van der Waals surface area (Å²) in [6, 6.07) is 4.50. The molecule has 0 bridgehead atoms. The molecule has 0 saturated carbocycles. The summed E-state index contributed by atoms with van der Waals surface area (Å²) in [5.74, 6) is -2.07. The molecular formula is C12H11ClN2O4. The van der Waals surface area contributed by atoms with Crippen molar-refractivity contribution in [1.82, 2.24) is 0 Å². The molecule has 0 radical (unpaired) electrons. The molecule has 19 heavy (non-hydrogen) atoms. The molecule has 0 spiro atoms. The molecule has 0 saturated heterocycles. The summed E-state index contributed by atoms with van der Waals surface area (Å²) in [6.45, 7) is 1.35. The molecule has 100 valence electrons. The number of nitrogens with one attached hydrogen (secondary N) is 2. The van der Waals surface area contributed by atoms with Crippen LogP contribution in [0.5, 0.6) is 0 Å². The summed E-state index contributed by atoms with van der Waals surface area (Å²) in [6.07, 6.45) is 1.61. The summed E-state index contributed by atoms with van der Waals surface area (Å²) in [5.41, 5.74) is 0.812. The summed E-state index contributed by atoms with van der Waals surface area (Å²) < 4.78 is 0. The van der Waals surface area contributed by atoms with Gasteiger partial charge in [-0.15, -0.1) is 0 Å². The number of carbonyl (C=O) groups excluding carboxylic acids is 2. The zero-order valence-corrected chi connectivity index (χ0v) is 10.7. The zero-order valence-electron chi connectivity index (χ0n) is 9.94. The van der Waals surface area contributed by atoms with Crippen molar-refractivity contribution in [1.29, 1.82) is 0 Å². The Morgan fingerprint density at radius 3 is 2.42 bits per heavy atom. The molecule has 0 atom stereocenters. The Hall–Kier alpha value is -2.34. The van der Waals surface area contributed by atoms with Crippen molar-refractivity contribution in [2.24, 2.45) is 0 Å². The van der Waals surface area contributed by atoms with E-state index in [1.165, 1.54) is 25.1 Å². The van der Waals surface area contributed by atoms with Gasteiger partial charge in [0.15, 0.2) is 0 Å². The fourth-order valence-electron chi connectivity index (χ4n) is 1.21. The van der Waals surface area contributed by atoms with Gasteiger partial charge in [-0.3, -0.25) is 9.59 Å². The second-order valence-corrected chi connectivity index (χ2v) is 3.94. The van der Waals surface area contributed by atoms with Crippen LogP contribution in [0.25, 0.3) is 0 Å². The minimum Gasteiger partial charge on any atom is -0.478 e. The number of amides is 2. The second kappa shape index (κ2) is 6.55. The van der Waals surface area contributed by atoms with Crippen molar-refractivity contribution in [2.45, 2.75) is 6.92 Å². The van der Waals surface area contributed by atoms with Gasteiger partial charge < -0.3 is 15.7 Å². The Kier molecular flexibility index (Phi) is 5.08. The van der Waals surface area contributed by atoms with Crippen LogP contribution in [0, 0.1) is 0 Å². The highest BCUT2D eigenvalue weighted by atomic mass is 35.5. The molecule has 3 N–H and O–H groups in total. The Labute approximate surface area is 114 Å². The largest absolute Gasteiger partial charge is 0.478 e. The van der Waals surface area contributed by atoms with Crippen LogP contribution in [0.1, 0.15) is 6.92 Å². The first kappa shape index (κ1) is 14.7. The Bertz CT molecular complexity index is 555. The molecule has 0 heterocycles. The molecule has 0 aliphatic rings. The number of carboxylic acid groups (broad SMARTS) is 1. The molecule has 1 rings (SSSR count). The lowest BCUT2D eigenvalue weighted by Crippen LogP contribution is -2.10. The summed E-state index contributed by atoms with van der Waals surface area (Å²) in [5, 5.41) is 13.6. The molecule has 0 fully saturated rings. The van der Waals surface area contributed by atoms with Crippen LogP contribution in [0.4, 0.5) is 11.4 Å². The molecule has 1 aromatic carbocycles. The van der Waals surface area contributed by atoms with Crippen molar-refractivity contribution in [3.63, 3.8) is 0 Å². The van der Waals surface area contributed by atoms with Crippen molar-refractivity contribution in [3.8, 4) is 0 Å². The molecule has 6 nitrogen and oxygen atoms in total. The van der Waals surface area contributed by atoms with E-state index in [2.05, 4.69) is 10.6 Å². The number of carboxylic acids is 1. The van der Waals surface area contributed by atoms with E-state index < -0.39 is 11.9 Å². The Morgan fingerprint density at radius 2 is 1.89 bits per heavy atom. The zero-order chi connectivity index (χ0) is 14.4. The number of carbonyl (C=O) groups is 3. The molecule has 0 aliphatic carbocycles. The van der Waals surface area contributed by atoms with Gasteiger partial charge in [0.2, 0.25) is 11.8 Å². The second-order valence-electron chi connectivity index (χ2n) is 3.54. The lowest BCUT2D eigenvalue weighted by atomic mass is 10.2. The van der Waals surface area contributed by atoms with E-state index in [0.717, 1.165) is 12.2 Å².